The summed E-state index contributed by atoms with van der Waals surface area (Å²) in [7, 11) is 0. The number of amides is 2. The number of ether oxygens (including phenoxy) is 1. The SMILES string of the molecule is CC(=O)Nc1ccc(C(=O)Nc2cccc(COc3cccc(F)c3)c2)cc1. The van der Waals surface area contributed by atoms with E-state index in [0.29, 0.717) is 22.7 Å². The second-order valence-corrected chi connectivity index (χ2v) is 6.16. The summed E-state index contributed by atoms with van der Waals surface area (Å²) in [6.07, 6.45) is 0. The fourth-order valence-electron chi connectivity index (χ4n) is 2.57. The van der Waals surface area contributed by atoms with Crippen molar-refractivity contribution in [2.45, 2.75) is 13.5 Å². The van der Waals surface area contributed by atoms with E-state index in [0.717, 1.165) is 5.56 Å². The maximum Gasteiger partial charge on any atom is 0.255 e. The van der Waals surface area contributed by atoms with Gasteiger partial charge in [-0.2, -0.15) is 0 Å². The van der Waals surface area contributed by atoms with Crippen molar-refractivity contribution in [3.05, 3.63) is 89.7 Å². The molecule has 0 aliphatic carbocycles. The smallest absolute Gasteiger partial charge is 0.255 e. The third-order valence-electron chi connectivity index (χ3n) is 3.85. The molecule has 3 rings (SSSR count). The van der Waals surface area contributed by atoms with Crippen molar-refractivity contribution in [2.75, 3.05) is 10.6 Å². The van der Waals surface area contributed by atoms with Crippen LogP contribution in [0, 0.1) is 5.82 Å². The first-order valence-electron chi connectivity index (χ1n) is 8.66. The molecule has 6 heteroatoms. The molecule has 0 saturated heterocycles. The van der Waals surface area contributed by atoms with Crippen molar-refractivity contribution >= 4 is 23.2 Å². The van der Waals surface area contributed by atoms with Crippen molar-refractivity contribution in [1.82, 2.24) is 0 Å². The average molecular weight is 378 g/mol. The summed E-state index contributed by atoms with van der Waals surface area (Å²) in [4.78, 5) is 23.5. The molecule has 28 heavy (non-hydrogen) atoms. The molecule has 0 radical (unpaired) electrons. The number of nitrogens with one attached hydrogen (secondary N) is 2. The molecule has 3 aromatic rings. The first-order chi connectivity index (χ1) is 13.5. The fourth-order valence-corrected chi connectivity index (χ4v) is 2.57. The van der Waals surface area contributed by atoms with E-state index in [-0.39, 0.29) is 24.2 Å². The molecule has 2 N–H and O–H groups in total. The zero-order chi connectivity index (χ0) is 19.9. The highest BCUT2D eigenvalue weighted by molar-refractivity contribution is 6.04. The number of rotatable bonds is 6. The second kappa shape index (κ2) is 8.81. The van der Waals surface area contributed by atoms with Crippen LogP contribution < -0.4 is 15.4 Å². The first kappa shape index (κ1) is 19.1. The monoisotopic (exact) mass is 378 g/mol. The molecule has 0 heterocycles. The largest absolute Gasteiger partial charge is 0.489 e. The quantitative estimate of drug-likeness (QED) is 0.658. The number of benzene rings is 3. The number of carbonyl (C=O) groups is 2. The van der Waals surface area contributed by atoms with E-state index in [1.165, 1.54) is 19.1 Å². The van der Waals surface area contributed by atoms with Crippen LogP contribution in [0.4, 0.5) is 15.8 Å². The molecule has 0 saturated carbocycles. The summed E-state index contributed by atoms with van der Waals surface area (Å²) in [5.74, 6) is -0.358. The van der Waals surface area contributed by atoms with Gasteiger partial charge in [-0.3, -0.25) is 9.59 Å². The van der Waals surface area contributed by atoms with Crippen LogP contribution in [0.3, 0.4) is 0 Å². The Morgan fingerprint density at radius 2 is 1.64 bits per heavy atom. The van der Waals surface area contributed by atoms with Crippen LogP contribution in [0.5, 0.6) is 5.75 Å². The maximum absolute atomic E-state index is 13.2. The number of carbonyl (C=O) groups excluding carboxylic acids is 2. The third-order valence-corrected chi connectivity index (χ3v) is 3.85. The second-order valence-electron chi connectivity index (χ2n) is 6.16. The minimum Gasteiger partial charge on any atom is -0.489 e. The first-order valence-corrected chi connectivity index (χ1v) is 8.66. The summed E-state index contributed by atoms with van der Waals surface area (Å²) in [5.41, 5.74) is 2.55. The highest BCUT2D eigenvalue weighted by Gasteiger charge is 2.07. The molecule has 5 nitrogen and oxygen atoms in total. The van der Waals surface area contributed by atoms with Gasteiger partial charge >= 0.3 is 0 Å². The van der Waals surface area contributed by atoms with Gasteiger partial charge in [0.2, 0.25) is 5.91 Å². The fraction of sp³-hybridized carbons (Fsp3) is 0.0909. The lowest BCUT2D eigenvalue weighted by atomic mass is 10.1. The molecule has 0 aromatic heterocycles. The molecule has 0 atom stereocenters. The van der Waals surface area contributed by atoms with Gasteiger partial charge in [0, 0.05) is 29.9 Å². The van der Waals surface area contributed by atoms with Crippen LogP contribution in [0.15, 0.2) is 72.8 Å². The number of hydrogen-bond donors (Lipinski definition) is 2. The van der Waals surface area contributed by atoms with Crippen LogP contribution in [0.25, 0.3) is 0 Å². The predicted octanol–water partition coefficient (Wildman–Crippen LogP) is 4.62. The summed E-state index contributed by atoms with van der Waals surface area (Å²) < 4.78 is 18.8. The average Bonchev–Trinajstić information content (AvgIpc) is 2.67. The summed E-state index contributed by atoms with van der Waals surface area (Å²) in [6, 6.07) is 19.8. The van der Waals surface area contributed by atoms with E-state index in [2.05, 4.69) is 10.6 Å². The van der Waals surface area contributed by atoms with Crippen LogP contribution in [0.1, 0.15) is 22.8 Å². The summed E-state index contributed by atoms with van der Waals surface area (Å²) >= 11 is 0. The Bertz CT molecular complexity index is 987. The Morgan fingerprint density at radius 1 is 0.893 bits per heavy atom. The highest BCUT2D eigenvalue weighted by Crippen LogP contribution is 2.17. The van der Waals surface area contributed by atoms with Crippen molar-refractivity contribution < 1.29 is 18.7 Å². The Kier molecular flexibility index (Phi) is 6.01. The molecule has 3 aromatic carbocycles. The van der Waals surface area contributed by atoms with E-state index < -0.39 is 0 Å². The third kappa shape index (κ3) is 5.41. The van der Waals surface area contributed by atoms with Crippen molar-refractivity contribution in [1.29, 1.82) is 0 Å². The molecular weight excluding hydrogens is 359 g/mol. The van der Waals surface area contributed by atoms with Crippen molar-refractivity contribution in [2.24, 2.45) is 0 Å². The maximum atomic E-state index is 13.2. The number of halogens is 1. The zero-order valence-electron chi connectivity index (χ0n) is 15.2. The van der Waals surface area contributed by atoms with E-state index in [1.807, 2.05) is 6.07 Å². The van der Waals surface area contributed by atoms with Gasteiger partial charge in [-0.1, -0.05) is 18.2 Å². The lowest BCUT2D eigenvalue weighted by Crippen LogP contribution is -2.12. The summed E-state index contributed by atoms with van der Waals surface area (Å²) in [5, 5.41) is 5.48. The highest BCUT2D eigenvalue weighted by atomic mass is 19.1. The lowest BCUT2D eigenvalue weighted by molar-refractivity contribution is -0.114. The molecular formula is C22H19FN2O3. The van der Waals surface area contributed by atoms with E-state index in [9.17, 15) is 14.0 Å². The van der Waals surface area contributed by atoms with Gasteiger partial charge in [-0.05, 0) is 54.1 Å². The minimum atomic E-state index is -0.358. The van der Waals surface area contributed by atoms with Gasteiger partial charge in [0.05, 0.1) is 0 Å². The molecule has 2 amide bonds. The van der Waals surface area contributed by atoms with Crippen molar-refractivity contribution in [3.8, 4) is 5.75 Å². The van der Waals surface area contributed by atoms with Crippen LogP contribution in [-0.4, -0.2) is 11.8 Å². The van der Waals surface area contributed by atoms with Crippen molar-refractivity contribution in [3.63, 3.8) is 0 Å². The normalized spacial score (nSPS) is 10.2. The Labute approximate surface area is 162 Å². The molecule has 0 fully saturated rings. The van der Waals surface area contributed by atoms with E-state index >= 15 is 0 Å². The topological polar surface area (TPSA) is 67.4 Å². The number of anilines is 2. The van der Waals surface area contributed by atoms with Crippen LogP contribution in [0.2, 0.25) is 0 Å². The molecule has 142 valence electrons. The van der Waals surface area contributed by atoms with E-state index in [4.69, 9.17) is 4.74 Å². The standard InChI is InChI=1S/C22H19FN2O3/c1-15(26)24-19-10-8-17(9-11-19)22(27)25-20-6-2-4-16(12-20)14-28-21-7-3-5-18(23)13-21/h2-13H,14H2,1H3,(H,24,26)(H,25,27). The number of hydrogen-bond acceptors (Lipinski definition) is 3. The van der Waals surface area contributed by atoms with Gasteiger partial charge in [0.1, 0.15) is 18.2 Å². The van der Waals surface area contributed by atoms with Gasteiger partial charge in [0.15, 0.2) is 0 Å². The molecule has 0 aliphatic heterocycles. The van der Waals surface area contributed by atoms with Crippen LogP contribution >= 0.6 is 0 Å². The van der Waals surface area contributed by atoms with Crippen LogP contribution in [-0.2, 0) is 11.4 Å². The lowest BCUT2D eigenvalue weighted by Gasteiger charge is -2.10. The molecule has 0 aliphatic rings. The van der Waals surface area contributed by atoms with Gasteiger partial charge in [0.25, 0.3) is 5.91 Å². The molecule has 0 spiro atoms. The summed E-state index contributed by atoms with van der Waals surface area (Å²) in [6.45, 7) is 1.67. The Balaban J connectivity index is 1.62. The van der Waals surface area contributed by atoms with Gasteiger partial charge < -0.3 is 15.4 Å². The Hall–Kier alpha value is -3.67. The minimum absolute atomic E-state index is 0.172. The Morgan fingerprint density at radius 3 is 2.36 bits per heavy atom. The van der Waals surface area contributed by atoms with Gasteiger partial charge in [-0.15, -0.1) is 0 Å². The van der Waals surface area contributed by atoms with E-state index in [1.54, 1.807) is 54.6 Å². The molecule has 0 unspecified atom stereocenters. The molecule has 0 bridgehead atoms. The predicted molar refractivity (Wildman–Crippen MR) is 106 cm³/mol. The van der Waals surface area contributed by atoms with Gasteiger partial charge in [-0.25, -0.2) is 4.39 Å². The zero-order valence-corrected chi connectivity index (χ0v) is 15.2.